The average Bonchev–Trinajstić information content (AvgIpc) is 3.03. The van der Waals surface area contributed by atoms with Gasteiger partial charge in [0.15, 0.2) is 18.1 Å². The molecule has 0 aliphatic rings. The molecule has 1 amide bonds. The summed E-state index contributed by atoms with van der Waals surface area (Å²) >= 11 is 0.671. The van der Waals surface area contributed by atoms with Gasteiger partial charge in [-0.3, -0.25) is 4.79 Å². The lowest BCUT2D eigenvalue weighted by Gasteiger charge is -2.14. The van der Waals surface area contributed by atoms with Gasteiger partial charge in [-0.15, -0.1) is 0 Å². The van der Waals surface area contributed by atoms with E-state index in [4.69, 9.17) is 13.6 Å². The van der Waals surface area contributed by atoms with Gasteiger partial charge in [-0.2, -0.15) is 0 Å². The molecule has 0 bridgehead atoms. The Labute approximate surface area is 158 Å². The first-order chi connectivity index (χ1) is 12.9. The van der Waals surface area contributed by atoms with E-state index in [1.54, 1.807) is 30.3 Å². The second-order valence-electron chi connectivity index (χ2n) is 5.20. The molecule has 9 nitrogen and oxygen atoms in total. The highest BCUT2D eigenvalue weighted by Gasteiger charge is 2.23. The quantitative estimate of drug-likeness (QED) is 0.700. The highest BCUT2D eigenvalue weighted by Crippen LogP contribution is 2.23. The summed E-state index contributed by atoms with van der Waals surface area (Å²) in [7, 11) is 1.17. The van der Waals surface area contributed by atoms with E-state index in [0.29, 0.717) is 17.3 Å². The predicted octanol–water partition coefficient (Wildman–Crippen LogP) is 1.95. The van der Waals surface area contributed by atoms with Crippen LogP contribution in [0.3, 0.4) is 0 Å². The first-order valence-corrected chi connectivity index (χ1v) is 8.72. The van der Waals surface area contributed by atoms with Crippen LogP contribution in [0, 0.1) is 0 Å². The van der Waals surface area contributed by atoms with Crippen molar-refractivity contribution in [2.45, 2.75) is 19.6 Å². The highest BCUT2D eigenvalue weighted by atomic mass is 32.2. The molecule has 0 saturated carbocycles. The van der Waals surface area contributed by atoms with Crippen molar-refractivity contribution in [1.29, 1.82) is 0 Å². The number of thioether (sulfide) groups is 1. The number of methoxy groups -OCH3 is 1. The molecule has 1 aromatic carbocycles. The zero-order valence-electron chi connectivity index (χ0n) is 14.6. The summed E-state index contributed by atoms with van der Waals surface area (Å²) in [6.07, 6.45) is 0. The van der Waals surface area contributed by atoms with E-state index in [2.05, 4.69) is 10.1 Å². The molecular weight excluding hydrogens is 378 g/mol. The highest BCUT2D eigenvalue weighted by molar-refractivity contribution is 8.13. The Kier molecular flexibility index (Phi) is 7.24. The minimum Gasteiger partial charge on any atom is -0.467 e. The minimum atomic E-state index is -0.989. The maximum Gasteiger partial charge on any atom is 0.519 e. The third-order valence-corrected chi connectivity index (χ3v) is 4.09. The van der Waals surface area contributed by atoms with Crippen LogP contribution < -0.4 is 11.1 Å². The fraction of sp³-hybridized carbons (Fsp3) is 0.294. The van der Waals surface area contributed by atoms with Crippen molar-refractivity contribution in [2.75, 3.05) is 12.9 Å². The Bertz CT molecular complexity index is 857. The van der Waals surface area contributed by atoms with Crippen molar-refractivity contribution in [1.82, 2.24) is 5.32 Å². The summed E-state index contributed by atoms with van der Waals surface area (Å²) < 4.78 is 19.5. The molecule has 27 heavy (non-hydrogen) atoms. The van der Waals surface area contributed by atoms with Crippen LogP contribution in [-0.4, -0.2) is 36.1 Å². The van der Waals surface area contributed by atoms with Crippen molar-refractivity contribution in [3.05, 3.63) is 46.7 Å². The molecule has 0 fully saturated rings. The summed E-state index contributed by atoms with van der Waals surface area (Å²) in [5, 5.41) is 1.65. The number of esters is 1. The zero-order chi connectivity index (χ0) is 19.8. The van der Waals surface area contributed by atoms with Crippen LogP contribution in [0.15, 0.2) is 44.0 Å². The maximum absolute atomic E-state index is 11.9. The molecular formula is C17H17NO8S. The normalized spacial score (nSPS) is 11.5. The van der Waals surface area contributed by atoms with E-state index in [-0.39, 0.29) is 23.9 Å². The van der Waals surface area contributed by atoms with Crippen molar-refractivity contribution < 1.29 is 32.7 Å². The lowest BCUT2D eigenvalue weighted by molar-refractivity contribution is -0.144. The van der Waals surface area contributed by atoms with E-state index in [1.807, 2.05) is 0 Å². The van der Waals surface area contributed by atoms with Crippen molar-refractivity contribution >= 4 is 28.9 Å². The molecule has 1 heterocycles. The summed E-state index contributed by atoms with van der Waals surface area (Å²) in [5.74, 6) is -1.88. The van der Waals surface area contributed by atoms with E-state index in [9.17, 15) is 19.2 Å². The maximum atomic E-state index is 11.9. The molecule has 10 heteroatoms. The molecule has 1 N–H and O–H groups in total. The van der Waals surface area contributed by atoms with Gasteiger partial charge in [0.1, 0.15) is 6.04 Å². The van der Waals surface area contributed by atoms with Crippen molar-refractivity contribution in [3.8, 4) is 11.3 Å². The van der Waals surface area contributed by atoms with Crippen LogP contribution in [0.5, 0.6) is 0 Å². The first kappa shape index (κ1) is 20.3. The van der Waals surface area contributed by atoms with E-state index in [0.717, 1.165) is 0 Å². The minimum absolute atomic E-state index is 0.0616. The molecule has 0 aliphatic carbocycles. The standard InChI is InChI=1S/C17H17NO8S/c1-10(19)18-12(15(20)23-2)9-27-17(22)24-8-13-14(26-16(21)25-13)11-6-4-3-5-7-11/h3-7,12H,8-9H2,1-2H3,(H,18,19)/t12-/m0/s1. The molecule has 2 aromatic rings. The van der Waals surface area contributed by atoms with Crippen LogP contribution in [0.4, 0.5) is 4.79 Å². The molecule has 0 unspecified atom stereocenters. The fourth-order valence-corrected chi connectivity index (χ4v) is 2.75. The Hall–Kier alpha value is -3.01. The van der Waals surface area contributed by atoms with Gasteiger partial charge in [0.05, 0.1) is 7.11 Å². The number of nitrogens with one attached hydrogen (secondary N) is 1. The average molecular weight is 395 g/mol. The van der Waals surface area contributed by atoms with Crippen LogP contribution in [0.2, 0.25) is 0 Å². The second kappa shape index (κ2) is 9.62. The number of carbonyl (C=O) groups is 3. The molecule has 0 aliphatic heterocycles. The first-order valence-electron chi connectivity index (χ1n) is 7.73. The number of ether oxygens (including phenoxy) is 2. The SMILES string of the molecule is COC(=O)[C@H](CSC(=O)OCc1oc(=O)oc1-c1ccccc1)NC(C)=O. The molecule has 0 radical (unpaired) electrons. The van der Waals surface area contributed by atoms with Gasteiger partial charge < -0.3 is 23.6 Å². The van der Waals surface area contributed by atoms with Crippen LogP contribution in [-0.2, 0) is 25.7 Å². The van der Waals surface area contributed by atoms with Crippen LogP contribution in [0.1, 0.15) is 12.7 Å². The van der Waals surface area contributed by atoms with Crippen LogP contribution in [0.25, 0.3) is 11.3 Å². The van der Waals surface area contributed by atoms with Crippen molar-refractivity contribution in [2.24, 2.45) is 0 Å². The van der Waals surface area contributed by atoms with Gasteiger partial charge >= 0.3 is 17.1 Å². The number of hydrogen-bond donors (Lipinski definition) is 1. The summed E-state index contributed by atoms with van der Waals surface area (Å²) in [6.45, 7) is 0.912. The van der Waals surface area contributed by atoms with Gasteiger partial charge in [-0.05, 0) is 11.8 Å². The monoisotopic (exact) mass is 395 g/mol. The smallest absolute Gasteiger partial charge is 0.467 e. The third-order valence-electron chi connectivity index (χ3n) is 3.23. The van der Waals surface area contributed by atoms with Gasteiger partial charge in [-0.1, -0.05) is 30.3 Å². The lowest BCUT2D eigenvalue weighted by Crippen LogP contribution is -2.42. The van der Waals surface area contributed by atoms with Crippen molar-refractivity contribution in [3.63, 3.8) is 0 Å². The number of benzene rings is 1. The molecule has 2 rings (SSSR count). The Morgan fingerprint density at radius 2 is 1.89 bits per heavy atom. The van der Waals surface area contributed by atoms with E-state index in [1.165, 1.54) is 14.0 Å². The summed E-state index contributed by atoms with van der Waals surface area (Å²) in [6, 6.07) is 7.73. The Morgan fingerprint density at radius 1 is 1.19 bits per heavy atom. The van der Waals surface area contributed by atoms with Gasteiger partial charge in [0.25, 0.3) is 0 Å². The van der Waals surface area contributed by atoms with E-state index < -0.39 is 29.0 Å². The zero-order valence-corrected chi connectivity index (χ0v) is 15.4. The summed E-state index contributed by atoms with van der Waals surface area (Å²) in [4.78, 5) is 46.0. The fourth-order valence-electron chi connectivity index (χ4n) is 2.09. The number of amides is 1. The predicted molar refractivity (Wildman–Crippen MR) is 94.9 cm³/mol. The van der Waals surface area contributed by atoms with Gasteiger partial charge in [-0.25, -0.2) is 14.4 Å². The Morgan fingerprint density at radius 3 is 2.52 bits per heavy atom. The molecule has 0 saturated heterocycles. The molecule has 144 valence electrons. The molecule has 1 aromatic heterocycles. The molecule has 0 spiro atoms. The van der Waals surface area contributed by atoms with E-state index >= 15 is 0 Å². The third kappa shape index (κ3) is 6.03. The largest absolute Gasteiger partial charge is 0.519 e. The second-order valence-corrected chi connectivity index (χ2v) is 6.15. The molecule has 1 atom stereocenters. The van der Waals surface area contributed by atoms with Crippen LogP contribution >= 0.6 is 11.8 Å². The van der Waals surface area contributed by atoms with Gasteiger partial charge in [0, 0.05) is 18.2 Å². The van der Waals surface area contributed by atoms with Gasteiger partial charge in [0.2, 0.25) is 5.91 Å². The Balaban J connectivity index is 1.95. The number of rotatable bonds is 7. The topological polar surface area (TPSA) is 125 Å². The number of carbonyl (C=O) groups excluding carboxylic acids is 3. The summed E-state index contributed by atoms with van der Waals surface area (Å²) in [5.41, 5.74) is 0.596. The lowest BCUT2D eigenvalue weighted by atomic mass is 10.1. The number of hydrogen-bond acceptors (Lipinski definition) is 9.